The largest absolute Gasteiger partial charge is 0.448 e. The van der Waals surface area contributed by atoms with Gasteiger partial charge in [0.2, 0.25) is 5.91 Å². The van der Waals surface area contributed by atoms with Gasteiger partial charge in [-0.2, -0.15) is 5.10 Å². The summed E-state index contributed by atoms with van der Waals surface area (Å²) >= 11 is 3.15. The van der Waals surface area contributed by atoms with Gasteiger partial charge in [-0.25, -0.2) is 5.43 Å². The van der Waals surface area contributed by atoms with Gasteiger partial charge in [-0.3, -0.25) is 14.9 Å². The number of furan rings is 1. The van der Waals surface area contributed by atoms with E-state index in [1.165, 1.54) is 30.5 Å². The Balaban J connectivity index is 1.86. The van der Waals surface area contributed by atoms with Crippen molar-refractivity contribution in [3.05, 3.63) is 62.5 Å². The van der Waals surface area contributed by atoms with Crippen molar-refractivity contribution < 1.29 is 14.1 Å². The fourth-order valence-electron chi connectivity index (χ4n) is 1.53. The average Bonchev–Trinajstić information content (AvgIpc) is 2.85. The van der Waals surface area contributed by atoms with Crippen molar-refractivity contribution in [2.75, 3.05) is 0 Å². The van der Waals surface area contributed by atoms with Crippen LogP contribution in [0.25, 0.3) is 0 Å². The van der Waals surface area contributed by atoms with Crippen LogP contribution in [-0.4, -0.2) is 17.0 Å². The van der Waals surface area contributed by atoms with Gasteiger partial charge >= 0.3 is 0 Å². The van der Waals surface area contributed by atoms with Gasteiger partial charge in [0, 0.05) is 12.1 Å². The molecule has 2 aromatic rings. The quantitative estimate of drug-likeness (QED) is 0.508. The number of carbonyl (C=O) groups is 1. The Kier molecular flexibility index (Phi) is 4.83. The van der Waals surface area contributed by atoms with Crippen molar-refractivity contribution >= 4 is 33.7 Å². The molecule has 0 unspecified atom stereocenters. The van der Waals surface area contributed by atoms with Gasteiger partial charge in [0.25, 0.3) is 5.69 Å². The van der Waals surface area contributed by atoms with E-state index in [0.717, 1.165) is 0 Å². The highest BCUT2D eigenvalue weighted by Gasteiger charge is 2.06. The van der Waals surface area contributed by atoms with E-state index >= 15 is 0 Å². The number of nitrogens with one attached hydrogen (secondary N) is 1. The van der Waals surface area contributed by atoms with E-state index in [1.807, 2.05) is 0 Å². The third kappa shape index (κ3) is 4.53. The predicted octanol–water partition coefficient (Wildman–Crippen LogP) is 2.64. The van der Waals surface area contributed by atoms with Crippen LogP contribution in [0.3, 0.4) is 0 Å². The van der Waals surface area contributed by atoms with E-state index in [1.54, 1.807) is 12.1 Å². The lowest BCUT2D eigenvalue weighted by molar-refractivity contribution is -0.384. The molecule has 0 spiro atoms. The fraction of sp³-hybridized carbons (Fsp3) is 0.0769. The molecule has 0 atom stereocenters. The summed E-state index contributed by atoms with van der Waals surface area (Å²) in [6.45, 7) is 0. The van der Waals surface area contributed by atoms with E-state index in [-0.39, 0.29) is 18.0 Å². The number of halogens is 1. The maximum absolute atomic E-state index is 11.6. The molecular weight excluding hydrogens is 342 g/mol. The number of carbonyl (C=O) groups excluding carboxylic acids is 1. The van der Waals surface area contributed by atoms with Crippen molar-refractivity contribution in [3.8, 4) is 0 Å². The summed E-state index contributed by atoms with van der Waals surface area (Å²) in [6.07, 6.45) is 1.45. The minimum absolute atomic E-state index is 0.0134. The highest BCUT2D eigenvalue weighted by Crippen LogP contribution is 2.13. The summed E-state index contributed by atoms with van der Waals surface area (Å²) in [5, 5.41) is 14.3. The number of hydrazone groups is 1. The summed E-state index contributed by atoms with van der Waals surface area (Å²) in [7, 11) is 0. The monoisotopic (exact) mass is 351 g/mol. The summed E-state index contributed by atoms with van der Waals surface area (Å²) in [5.41, 5.74) is 3.00. The summed E-state index contributed by atoms with van der Waals surface area (Å²) in [5.74, 6) is 0.170. The predicted molar refractivity (Wildman–Crippen MR) is 78.9 cm³/mol. The SMILES string of the molecule is O=C(Cc1ccc([N+](=O)[O-])cc1)N/N=C\c1ccc(Br)o1. The van der Waals surface area contributed by atoms with E-state index in [4.69, 9.17) is 4.42 Å². The standard InChI is InChI=1S/C13H10BrN3O4/c14-12-6-5-11(21-12)8-15-16-13(18)7-9-1-3-10(4-2-9)17(19)20/h1-6,8H,7H2,(H,16,18)/b15-8-. The molecule has 1 N–H and O–H groups in total. The van der Waals surface area contributed by atoms with Crippen LogP contribution >= 0.6 is 15.9 Å². The lowest BCUT2D eigenvalue weighted by atomic mass is 10.1. The van der Waals surface area contributed by atoms with Crippen molar-refractivity contribution in [3.63, 3.8) is 0 Å². The van der Waals surface area contributed by atoms with Gasteiger partial charge in [0.1, 0.15) is 5.76 Å². The molecule has 0 aliphatic heterocycles. The number of nitro groups is 1. The Bertz CT molecular complexity index is 679. The molecule has 2 rings (SSSR count). The third-order valence-electron chi connectivity index (χ3n) is 2.49. The molecule has 0 aliphatic carbocycles. The molecule has 0 bridgehead atoms. The number of benzene rings is 1. The van der Waals surface area contributed by atoms with Crippen LogP contribution in [-0.2, 0) is 11.2 Å². The Morgan fingerprint density at radius 3 is 2.62 bits per heavy atom. The lowest BCUT2D eigenvalue weighted by Crippen LogP contribution is -2.19. The highest BCUT2D eigenvalue weighted by molar-refractivity contribution is 9.10. The molecule has 8 heteroatoms. The molecule has 0 saturated heterocycles. The smallest absolute Gasteiger partial charge is 0.269 e. The number of rotatable bonds is 5. The second-order valence-corrected chi connectivity index (χ2v) is 4.82. The Morgan fingerprint density at radius 2 is 2.05 bits per heavy atom. The minimum Gasteiger partial charge on any atom is -0.448 e. The number of hydrogen-bond acceptors (Lipinski definition) is 5. The van der Waals surface area contributed by atoms with Crippen molar-refractivity contribution in [2.45, 2.75) is 6.42 Å². The van der Waals surface area contributed by atoms with E-state index in [9.17, 15) is 14.9 Å². The number of hydrogen-bond donors (Lipinski definition) is 1. The second kappa shape index (κ2) is 6.80. The van der Waals surface area contributed by atoms with Gasteiger partial charge in [0.05, 0.1) is 17.6 Å². The summed E-state index contributed by atoms with van der Waals surface area (Å²) < 4.78 is 5.74. The highest BCUT2D eigenvalue weighted by atomic mass is 79.9. The van der Waals surface area contributed by atoms with Crippen LogP contribution in [0.4, 0.5) is 5.69 Å². The van der Waals surface area contributed by atoms with Crippen LogP contribution in [0.15, 0.2) is 50.6 Å². The molecule has 1 heterocycles. The minimum atomic E-state index is -0.490. The zero-order valence-corrected chi connectivity index (χ0v) is 12.2. The molecule has 108 valence electrons. The first-order valence-electron chi connectivity index (χ1n) is 5.85. The van der Waals surface area contributed by atoms with Crippen LogP contribution in [0, 0.1) is 10.1 Å². The zero-order chi connectivity index (χ0) is 15.2. The first kappa shape index (κ1) is 14.9. The molecule has 0 fully saturated rings. The lowest BCUT2D eigenvalue weighted by Gasteiger charge is -2.00. The molecular formula is C13H10BrN3O4. The summed E-state index contributed by atoms with van der Waals surface area (Å²) in [4.78, 5) is 21.6. The van der Waals surface area contributed by atoms with Gasteiger partial charge in [-0.05, 0) is 33.6 Å². The van der Waals surface area contributed by atoms with Crippen LogP contribution in [0.5, 0.6) is 0 Å². The van der Waals surface area contributed by atoms with E-state index < -0.39 is 4.92 Å². The number of nitro benzene ring substituents is 1. The Morgan fingerprint density at radius 1 is 1.33 bits per heavy atom. The number of non-ortho nitro benzene ring substituents is 1. The first-order valence-corrected chi connectivity index (χ1v) is 6.64. The van der Waals surface area contributed by atoms with Crippen molar-refractivity contribution in [2.24, 2.45) is 5.10 Å². The Labute approximate surface area is 127 Å². The number of nitrogens with zero attached hydrogens (tertiary/aromatic N) is 2. The topological polar surface area (TPSA) is 97.7 Å². The fourth-order valence-corrected chi connectivity index (χ4v) is 1.85. The second-order valence-electron chi connectivity index (χ2n) is 4.04. The van der Waals surface area contributed by atoms with Gasteiger partial charge < -0.3 is 4.42 Å². The van der Waals surface area contributed by atoms with E-state index in [2.05, 4.69) is 26.5 Å². The maximum Gasteiger partial charge on any atom is 0.269 e. The molecule has 0 radical (unpaired) electrons. The summed E-state index contributed by atoms with van der Waals surface area (Å²) in [6, 6.07) is 9.17. The van der Waals surface area contributed by atoms with Gasteiger partial charge in [0.15, 0.2) is 4.67 Å². The molecule has 7 nitrogen and oxygen atoms in total. The zero-order valence-electron chi connectivity index (χ0n) is 10.7. The normalized spacial score (nSPS) is 10.7. The van der Waals surface area contributed by atoms with Crippen LogP contribution in [0.1, 0.15) is 11.3 Å². The average molecular weight is 352 g/mol. The molecule has 0 saturated carbocycles. The maximum atomic E-state index is 11.6. The van der Waals surface area contributed by atoms with Crippen molar-refractivity contribution in [1.29, 1.82) is 0 Å². The molecule has 0 aliphatic rings. The molecule has 21 heavy (non-hydrogen) atoms. The van der Waals surface area contributed by atoms with Gasteiger partial charge in [-0.15, -0.1) is 0 Å². The molecule has 1 aromatic carbocycles. The number of amides is 1. The van der Waals surface area contributed by atoms with Crippen LogP contribution in [0.2, 0.25) is 0 Å². The third-order valence-corrected chi connectivity index (χ3v) is 2.91. The van der Waals surface area contributed by atoms with E-state index in [0.29, 0.717) is 16.0 Å². The molecule has 1 aromatic heterocycles. The molecule has 1 amide bonds. The van der Waals surface area contributed by atoms with Gasteiger partial charge in [-0.1, -0.05) is 12.1 Å². The van der Waals surface area contributed by atoms with Crippen molar-refractivity contribution in [1.82, 2.24) is 5.43 Å². The first-order chi connectivity index (χ1) is 10.0. The van der Waals surface area contributed by atoms with Crippen LogP contribution < -0.4 is 5.43 Å². The Hall–Kier alpha value is -2.48.